The van der Waals surface area contributed by atoms with Gasteiger partial charge in [0.05, 0.1) is 5.69 Å². The van der Waals surface area contributed by atoms with Crippen LogP contribution in [0, 0.1) is 35.0 Å². The van der Waals surface area contributed by atoms with Crippen molar-refractivity contribution < 1.29 is 26.7 Å². The minimum absolute atomic E-state index is 0.402. The van der Waals surface area contributed by atoms with Gasteiger partial charge in [-0.15, -0.1) is 0 Å². The molecule has 1 atom stereocenters. The van der Waals surface area contributed by atoms with E-state index in [4.69, 9.17) is 0 Å². The molecule has 0 radical (unpaired) electrons. The van der Waals surface area contributed by atoms with Crippen LogP contribution in [0.5, 0.6) is 0 Å². The van der Waals surface area contributed by atoms with Crippen molar-refractivity contribution in [3.63, 3.8) is 0 Å². The van der Waals surface area contributed by atoms with Crippen molar-refractivity contribution in [2.75, 3.05) is 5.32 Å². The van der Waals surface area contributed by atoms with Gasteiger partial charge in [-0.05, 0) is 30.7 Å². The van der Waals surface area contributed by atoms with Crippen LogP contribution < -0.4 is 5.32 Å². The lowest BCUT2D eigenvalue weighted by Gasteiger charge is -2.15. The van der Waals surface area contributed by atoms with Gasteiger partial charge in [-0.3, -0.25) is 9.48 Å². The molecule has 1 unspecified atom stereocenters. The summed E-state index contributed by atoms with van der Waals surface area (Å²) < 4.78 is 67.7. The van der Waals surface area contributed by atoms with Gasteiger partial charge >= 0.3 is 0 Å². The zero-order valence-corrected chi connectivity index (χ0v) is 13.2. The molecule has 25 heavy (non-hydrogen) atoms. The number of aromatic nitrogens is 2. The standard InChI is InChI=1S/C16H14F5N3O/c1-7-2-3-9-8(4-7)5-24(23-9)6-10(25)22-16-14(20)12(18)11(17)13(19)15(16)21/h5,7H,2-4,6H2,1H3,(H,22,25). The topological polar surface area (TPSA) is 46.9 Å². The number of carbonyl (C=O) groups excluding carboxylic acids is 1. The summed E-state index contributed by atoms with van der Waals surface area (Å²) in [6.45, 7) is 1.69. The number of hydrogen-bond acceptors (Lipinski definition) is 2. The molecule has 1 amide bonds. The summed E-state index contributed by atoms with van der Waals surface area (Å²) in [7, 11) is 0. The Kier molecular flexibility index (Phi) is 4.49. The highest BCUT2D eigenvalue weighted by Crippen LogP contribution is 2.27. The normalized spacial score (nSPS) is 16.6. The van der Waals surface area contributed by atoms with Crippen LogP contribution >= 0.6 is 0 Å². The van der Waals surface area contributed by atoms with Gasteiger partial charge in [0.2, 0.25) is 11.7 Å². The van der Waals surface area contributed by atoms with Crippen molar-refractivity contribution in [2.24, 2.45) is 5.92 Å². The quantitative estimate of drug-likeness (QED) is 0.519. The number of halogens is 5. The maximum atomic E-state index is 13.6. The molecule has 1 aliphatic rings. The second kappa shape index (κ2) is 6.45. The van der Waals surface area contributed by atoms with E-state index < -0.39 is 47.2 Å². The SMILES string of the molecule is CC1CCc2nn(CC(=O)Nc3c(F)c(F)c(F)c(F)c3F)cc2C1. The Hall–Kier alpha value is -2.45. The molecule has 1 aromatic carbocycles. The summed E-state index contributed by atoms with van der Waals surface area (Å²) in [5, 5.41) is 5.95. The first-order chi connectivity index (χ1) is 11.8. The Morgan fingerprint density at radius 3 is 2.40 bits per heavy atom. The van der Waals surface area contributed by atoms with Crippen LogP contribution in [0.1, 0.15) is 24.6 Å². The van der Waals surface area contributed by atoms with Gasteiger partial charge in [0.25, 0.3) is 0 Å². The molecule has 1 aromatic heterocycles. The number of fused-ring (bicyclic) bond motifs is 1. The predicted molar refractivity (Wildman–Crippen MR) is 78.3 cm³/mol. The summed E-state index contributed by atoms with van der Waals surface area (Å²) in [6, 6.07) is 0. The molecule has 4 nitrogen and oxygen atoms in total. The van der Waals surface area contributed by atoms with E-state index in [-0.39, 0.29) is 0 Å². The molecule has 0 bridgehead atoms. The van der Waals surface area contributed by atoms with E-state index in [2.05, 4.69) is 12.0 Å². The van der Waals surface area contributed by atoms with Gasteiger partial charge in [-0.25, -0.2) is 22.0 Å². The Morgan fingerprint density at radius 2 is 1.76 bits per heavy atom. The Bertz CT molecular complexity index is 820. The van der Waals surface area contributed by atoms with Crippen LogP contribution in [-0.4, -0.2) is 15.7 Å². The molecule has 1 aliphatic carbocycles. The lowest BCUT2D eigenvalue weighted by molar-refractivity contribution is -0.117. The predicted octanol–water partition coefficient (Wildman–Crippen LogP) is 3.34. The van der Waals surface area contributed by atoms with E-state index in [1.807, 2.05) is 0 Å². The van der Waals surface area contributed by atoms with E-state index in [0.717, 1.165) is 30.5 Å². The van der Waals surface area contributed by atoms with Crippen molar-refractivity contribution in [2.45, 2.75) is 32.7 Å². The molecular formula is C16H14F5N3O. The number of nitrogens with zero attached hydrogens (tertiary/aromatic N) is 2. The van der Waals surface area contributed by atoms with Crippen LogP contribution in [-0.2, 0) is 24.2 Å². The third-order valence-corrected chi connectivity index (χ3v) is 4.15. The molecule has 1 N–H and O–H groups in total. The van der Waals surface area contributed by atoms with Crippen LogP contribution in [0.25, 0.3) is 0 Å². The zero-order chi connectivity index (χ0) is 18.3. The molecule has 0 spiro atoms. The summed E-state index contributed by atoms with van der Waals surface area (Å²) in [5.74, 6) is -11.1. The molecule has 1 heterocycles. The lowest BCUT2D eigenvalue weighted by Crippen LogP contribution is -2.22. The number of benzene rings is 1. The first-order valence-electron chi connectivity index (χ1n) is 7.64. The highest BCUT2D eigenvalue weighted by atomic mass is 19.2. The molecule has 0 saturated heterocycles. The maximum Gasteiger partial charge on any atom is 0.246 e. The van der Waals surface area contributed by atoms with Gasteiger partial charge < -0.3 is 5.32 Å². The van der Waals surface area contributed by atoms with Crippen LogP contribution in [0.15, 0.2) is 6.20 Å². The van der Waals surface area contributed by atoms with Crippen molar-refractivity contribution in [3.8, 4) is 0 Å². The summed E-state index contributed by atoms with van der Waals surface area (Å²) in [5.41, 5.74) is 0.469. The highest BCUT2D eigenvalue weighted by Gasteiger charge is 2.27. The van der Waals surface area contributed by atoms with Crippen LogP contribution in [0.4, 0.5) is 27.6 Å². The first kappa shape index (κ1) is 17.4. The van der Waals surface area contributed by atoms with Gasteiger partial charge in [0.15, 0.2) is 23.3 Å². The summed E-state index contributed by atoms with van der Waals surface area (Å²) >= 11 is 0. The van der Waals surface area contributed by atoms with Crippen molar-refractivity contribution >= 4 is 11.6 Å². The monoisotopic (exact) mass is 359 g/mol. The number of hydrogen-bond donors (Lipinski definition) is 1. The number of nitrogens with one attached hydrogen (secondary N) is 1. The average Bonchev–Trinajstić information content (AvgIpc) is 2.96. The molecule has 3 rings (SSSR count). The van der Waals surface area contributed by atoms with E-state index in [0.29, 0.717) is 5.92 Å². The van der Waals surface area contributed by atoms with Gasteiger partial charge in [-0.1, -0.05) is 6.92 Å². The fourth-order valence-corrected chi connectivity index (χ4v) is 2.87. The number of aryl methyl sites for hydroxylation is 1. The molecule has 0 aliphatic heterocycles. The molecule has 0 fully saturated rings. The second-order valence-corrected chi connectivity index (χ2v) is 6.14. The Balaban J connectivity index is 1.78. The average molecular weight is 359 g/mol. The van der Waals surface area contributed by atoms with Gasteiger partial charge in [-0.2, -0.15) is 5.10 Å². The molecule has 2 aromatic rings. The Morgan fingerprint density at radius 1 is 1.16 bits per heavy atom. The highest BCUT2D eigenvalue weighted by molar-refractivity contribution is 5.90. The second-order valence-electron chi connectivity index (χ2n) is 6.14. The van der Waals surface area contributed by atoms with E-state index in [1.165, 1.54) is 4.68 Å². The summed E-state index contributed by atoms with van der Waals surface area (Å²) in [6.07, 6.45) is 4.21. The van der Waals surface area contributed by atoms with Crippen molar-refractivity contribution in [1.82, 2.24) is 9.78 Å². The molecule has 0 saturated carbocycles. The summed E-state index contributed by atoms with van der Waals surface area (Å²) in [4.78, 5) is 11.9. The first-order valence-corrected chi connectivity index (χ1v) is 7.64. The smallest absolute Gasteiger partial charge is 0.246 e. The van der Waals surface area contributed by atoms with Gasteiger partial charge in [0.1, 0.15) is 12.2 Å². The molecule has 134 valence electrons. The number of carbonyl (C=O) groups is 1. The minimum Gasteiger partial charge on any atom is -0.319 e. The van der Waals surface area contributed by atoms with Crippen molar-refractivity contribution in [1.29, 1.82) is 0 Å². The minimum atomic E-state index is -2.28. The van der Waals surface area contributed by atoms with Crippen molar-refractivity contribution in [3.05, 3.63) is 46.5 Å². The number of rotatable bonds is 3. The Labute approximate surface area is 139 Å². The van der Waals surface area contributed by atoms with E-state index in [1.54, 1.807) is 11.5 Å². The number of amides is 1. The zero-order valence-electron chi connectivity index (χ0n) is 13.2. The fourth-order valence-electron chi connectivity index (χ4n) is 2.87. The molecular weight excluding hydrogens is 345 g/mol. The molecule has 9 heteroatoms. The van der Waals surface area contributed by atoms with Crippen LogP contribution in [0.3, 0.4) is 0 Å². The van der Waals surface area contributed by atoms with Crippen LogP contribution in [0.2, 0.25) is 0 Å². The fraction of sp³-hybridized carbons (Fsp3) is 0.375. The number of anilines is 1. The van der Waals surface area contributed by atoms with E-state index in [9.17, 15) is 26.7 Å². The largest absolute Gasteiger partial charge is 0.319 e. The third-order valence-electron chi connectivity index (χ3n) is 4.15. The third kappa shape index (κ3) is 3.22. The van der Waals surface area contributed by atoms with Gasteiger partial charge in [0, 0.05) is 6.20 Å². The maximum absolute atomic E-state index is 13.6. The lowest BCUT2D eigenvalue weighted by atomic mass is 9.89. The van der Waals surface area contributed by atoms with E-state index >= 15 is 0 Å².